The molecule has 0 heterocycles. The molecule has 0 aliphatic heterocycles. The van der Waals surface area contributed by atoms with Gasteiger partial charge in [-0.25, -0.2) is 10.2 Å². The van der Waals surface area contributed by atoms with Crippen molar-refractivity contribution in [1.29, 1.82) is 0 Å². The molecule has 0 spiro atoms. The molecule has 4 aromatic carbocycles. The summed E-state index contributed by atoms with van der Waals surface area (Å²) < 4.78 is 6.17. The monoisotopic (exact) mass is 646 g/mol. The van der Waals surface area contributed by atoms with Crippen LogP contribution < -0.4 is 20.8 Å². The first-order chi connectivity index (χ1) is 19.3. The number of aryl methyl sites for hydroxylation is 1. The lowest BCUT2D eigenvalue weighted by Crippen LogP contribution is -2.33. The number of halogens is 1. The van der Waals surface area contributed by atoms with Crippen LogP contribution in [0.3, 0.4) is 0 Å². The number of anilines is 2. The summed E-state index contributed by atoms with van der Waals surface area (Å²) in [6, 6.07) is 27.1. The second kappa shape index (κ2) is 13.3. The minimum Gasteiger partial charge on any atom is -0.423 e. The third-order valence-electron chi connectivity index (χ3n) is 5.50. The van der Waals surface area contributed by atoms with Crippen molar-refractivity contribution in [3.63, 3.8) is 0 Å². The van der Waals surface area contributed by atoms with E-state index in [0.717, 1.165) is 9.13 Å². The zero-order valence-corrected chi connectivity index (χ0v) is 23.3. The van der Waals surface area contributed by atoms with Crippen molar-refractivity contribution in [1.82, 2.24) is 5.43 Å². The number of ether oxygens (including phenoxy) is 1. The first kappa shape index (κ1) is 28.2. The summed E-state index contributed by atoms with van der Waals surface area (Å²) >= 11 is 2.06. The third-order valence-corrected chi connectivity index (χ3v) is 6.44. The van der Waals surface area contributed by atoms with E-state index in [-0.39, 0.29) is 11.3 Å². The van der Waals surface area contributed by atoms with E-state index in [9.17, 15) is 19.2 Å². The molecule has 3 amide bonds. The summed E-state index contributed by atoms with van der Waals surface area (Å²) in [6.45, 7) is 1.94. The maximum atomic E-state index is 12.8. The number of hydrazone groups is 1. The molecular formula is C30H23IN4O5. The molecule has 0 aliphatic rings. The number of carbonyl (C=O) groups excluding carboxylic acids is 4. The fraction of sp³-hybridized carbons (Fsp3) is 0.0333. The molecule has 10 heteroatoms. The van der Waals surface area contributed by atoms with Gasteiger partial charge in [-0.05, 0) is 95.7 Å². The number of benzene rings is 4. The molecule has 0 bridgehead atoms. The topological polar surface area (TPSA) is 126 Å². The Morgan fingerprint density at radius 1 is 0.750 bits per heavy atom. The van der Waals surface area contributed by atoms with E-state index < -0.39 is 23.7 Å². The highest BCUT2D eigenvalue weighted by Crippen LogP contribution is 2.19. The number of nitrogens with one attached hydrogen (secondary N) is 3. The number of para-hydroxylation sites is 1. The lowest BCUT2D eigenvalue weighted by molar-refractivity contribution is -0.136. The van der Waals surface area contributed by atoms with E-state index in [1.165, 1.54) is 18.3 Å². The molecule has 0 saturated heterocycles. The Morgan fingerprint density at radius 3 is 2.10 bits per heavy atom. The Bertz CT molecular complexity index is 1580. The van der Waals surface area contributed by atoms with E-state index in [4.69, 9.17) is 4.74 Å². The second-order valence-corrected chi connectivity index (χ2v) is 9.62. The van der Waals surface area contributed by atoms with Crippen LogP contribution in [0, 0.1) is 10.5 Å². The van der Waals surface area contributed by atoms with Crippen LogP contribution in [0.4, 0.5) is 11.4 Å². The van der Waals surface area contributed by atoms with Gasteiger partial charge in [0.15, 0.2) is 0 Å². The van der Waals surface area contributed by atoms with Gasteiger partial charge in [0.05, 0.1) is 23.0 Å². The first-order valence-corrected chi connectivity index (χ1v) is 13.1. The highest BCUT2D eigenvalue weighted by Gasteiger charge is 2.18. The van der Waals surface area contributed by atoms with Crippen molar-refractivity contribution in [3.8, 4) is 5.75 Å². The number of esters is 1. The van der Waals surface area contributed by atoms with Crippen LogP contribution in [-0.4, -0.2) is 29.9 Å². The Kier molecular flexibility index (Phi) is 9.36. The van der Waals surface area contributed by atoms with Crippen LogP contribution >= 0.6 is 22.6 Å². The summed E-state index contributed by atoms with van der Waals surface area (Å²) in [5.41, 5.74) is 5.22. The number of hydrogen-bond donors (Lipinski definition) is 3. The lowest BCUT2D eigenvalue weighted by atomic mass is 10.1. The zero-order chi connectivity index (χ0) is 28.5. The number of rotatable bonds is 7. The lowest BCUT2D eigenvalue weighted by Gasteiger charge is -2.11. The van der Waals surface area contributed by atoms with Crippen molar-refractivity contribution in [2.45, 2.75) is 6.92 Å². The predicted molar refractivity (Wildman–Crippen MR) is 161 cm³/mol. The van der Waals surface area contributed by atoms with Gasteiger partial charge in [-0.3, -0.25) is 14.4 Å². The molecule has 0 unspecified atom stereocenters. The number of nitrogens with zero attached hydrogens (tertiary/aromatic N) is 1. The van der Waals surface area contributed by atoms with Gasteiger partial charge in [-0.1, -0.05) is 42.0 Å². The van der Waals surface area contributed by atoms with E-state index in [1.54, 1.807) is 60.7 Å². The van der Waals surface area contributed by atoms with Gasteiger partial charge in [0.1, 0.15) is 5.75 Å². The maximum Gasteiger partial charge on any atom is 0.344 e. The van der Waals surface area contributed by atoms with Crippen LogP contribution in [-0.2, 0) is 9.59 Å². The average molecular weight is 646 g/mol. The Labute approximate surface area is 243 Å². The Hall–Kier alpha value is -4.84. The van der Waals surface area contributed by atoms with Crippen molar-refractivity contribution in [2.24, 2.45) is 5.10 Å². The fourth-order valence-electron chi connectivity index (χ4n) is 3.43. The molecule has 0 aromatic heterocycles. The molecule has 0 aliphatic carbocycles. The fourth-order valence-corrected chi connectivity index (χ4v) is 4.04. The first-order valence-electron chi connectivity index (χ1n) is 12.0. The van der Waals surface area contributed by atoms with Crippen LogP contribution in [0.5, 0.6) is 5.75 Å². The van der Waals surface area contributed by atoms with Crippen molar-refractivity contribution >= 4 is 63.9 Å². The highest BCUT2D eigenvalue weighted by molar-refractivity contribution is 14.1. The van der Waals surface area contributed by atoms with Gasteiger partial charge in [0.25, 0.3) is 5.91 Å². The Morgan fingerprint density at radius 2 is 1.40 bits per heavy atom. The summed E-state index contributed by atoms with van der Waals surface area (Å²) in [5, 5.41) is 9.01. The largest absolute Gasteiger partial charge is 0.423 e. The van der Waals surface area contributed by atoms with Gasteiger partial charge < -0.3 is 15.4 Å². The maximum absolute atomic E-state index is 12.8. The van der Waals surface area contributed by atoms with Gasteiger partial charge >= 0.3 is 17.8 Å². The SMILES string of the molecule is Cc1ccc(NC(=O)c2ccccc2NC(=O)C(=O)N/N=C\c2ccc(OC(=O)c3ccccc3I)cc2)cc1. The highest BCUT2D eigenvalue weighted by atomic mass is 127. The molecule has 0 saturated carbocycles. The summed E-state index contributed by atoms with van der Waals surface area (Å²) in [4.78, 5) is 49.8. The molecule has 0 atom stereocenters. The standard InChI is InChI=1S/C30H23IN4O5/c1-19-10-14-21(15-11-19)33-27(36)24-7-3-5-9-26(24)34-28(37)29(38)35-32-18-20-12-16-22(17-13-20)40-30(39)23-6-2-4-8-25(23)31/h2-18H,1H3,(H,33,36)(H,34,37)(H,35,38)/b32-18-. The average Bonchev–Trinajstić information content (AvgIpc) is 2.95. The van der Waals surface area contributed by atoms with Crippen LogP contribution in [0.2, 0.25) is 0 Å². The molecule has 40 heavy (non-hydrogen) atoms. The Balaban J connectivity index is 1.31. The van der Waals surface area contributed by atoms with Gasteiger partial charge in [-0.2, -0.15) is 5.10 Å². The predicted octanol–water partition coefficient (Wildman–Crippen LogP) is 5.16. The molecule has 4 rings (SSSR count). The normalized spacial score (nSPS) is 10.6. The minimum absolute atomic E-state index is 0.173. The molecule has 0 fully saturated rings. The minimum atomic E-state index is -1.02. The van der Waals surface area contributed by atoms with E-state index in [2.05, 4.69) is 43.8 Å². The molecular weight excluding hydrogens is 623 g/mol. The quantitative estimate of drug-likeness (QED) is 0.0639. The number of carbonyl (C=O) groups is 4. The molecule has 9 nitrogen and oxygen atoms in total. The number of amides is 3. The van der Waals surface area contributed by atoms with E-state index in [1.807, 2.05) is 31.2 Å². The van der Waals surface area contributed by atoms with Gasteiger partial charge in [0.2, 0.25) is 0 Å². The summed E-state index contributed by atoms with van der Waals surface area (Å²) in [7, 11) is 0. The van der Waals surface area contributed by atoms with Gasteiger partial charge in [-0.15, -0.1) is 0 Å². The van der Waals surface area contributed by atoms with Crippen molar-refractivity contribution in [2.75, 3.05) is 10.6 Å². The summed E-state index contributed by atoms with van der Waals surface area (Å²) in [6.07, 6.45) is 1.33. The third kappa shape index (κ3) is 7.60. The number of hydrogen-bond acceptors (Lipinski definition) is 6. The van der Waals surface area contributed by atoms with Crippen LogP contribution in [0.1, 0.15) is 31.8 Å². The van der Waals surface area contributed by atoms with Crippen LogP contribution in [0.15, 0.2) is 102 Å². The second-order valence-electron chi connectivity index (χ2n) is 8.46. The smallest absolute Gasteiger partial charge is 0.344 e. The summed E-state index contributed by atoms with van der Waals surface area (Å²) in [5.74, 6) is -2.58. The van der Waals surface area contributed by atoms with E-state index in [0.29, 0.717) is 22.6 Å². The molecule has 4 aromatic rings. The van der Waals surface area contributed by atoms with Crippen molar-refractivity contribution < 1.29 is 23.9 Å². The van der Waals surface area contributed by atoms with Gasteiger partial charge in [0, 0.05) is 9.26 Å². The van der Waals surface area contributed by atoms with Crippen LogP contribution in [0.25, 0.3) is 0 Å². The zero-order valence-electron chi connectivity index (χ0n) is 21.2. The molecule has 0 radical (unpaired) electrons. The van der Waals surface area contributed by atoms with Crippen molar-refractivity contribution in [3.05, 3.63) is 123 Å². The van der Waals surface area contributed by atoms with E-state index >= 15 is 0 Å². The molecule has 3 N–H and O–H groups in total. The molecule has 200 valence electrons.